The van der Waals surface area contributed by atoms with Crippen molar-refractivity contribution in [1.29, 1.82) is 0 Å². The Kier molecular flexibility index (Phi) is 50.2. The average Bonchev–Trinajstić information content (AvgIpc) is 3.38. The van der Waals surface area contributed by atoms with Crippen molar-refractivity contribution in [2.24, 2.45) is 0 Å². The highest BCUT2D eigenvalue weighted by atomic mass is 16.7. The van der Waals surface area contributed by atoms with Gasteiger partial charge in [-0.2, -0.15) is 0 Å². The maximum absolute atomic E-state index is 13.1. The van der Waals surface area contributed by atoms with E-state index in [1.165, 1.54) is 238 Å². The van der Waals surface area contributed by atoms with Crippen LogP contribution in [0.1, 0.15) is 303 Å². The first-order chi connectivity index (χ1) is 35.3. The summed E-state index contributed by atoms with van der Waals surface area (Å²) in [7, 11) is 0. The van der Waals surface area contributed by atoms with Crippen LogP contribution in [0.3, 0.4) is 0 Å². The second kappa shape index (κ2) is 52.8. The van der Waals surface area contributed by atoms with E-state index >= 15 is 0 Å². The van der Waals surface area contributed by atoms with Gasteiger partial charge in [-0.05, 0) is 44.9 Å². The lowest BCUT2D eigenvalue weighted by molar-refractivity contribution is -0.302. The third-order valence-electron chi connectivity index (χ3n) is 14.9. The molecular weight excluding hydrogens is 899 g/mol. The third-order valence-corrected chi connectivity index (χ3v) is 14.9. The second-order valence-corrected chi connectivity index (χ2v) is 21.8. The Morgan fingerprint density at radius 2 is 0.792 bits per heavy atom. The maximum Gasteiger partial charge on any atom is 0.220 e. The van der Waals surface area contributed by atoms with E-state index in [0.29, 0.717) is 6.42 Å². The zero-order chi connectivity index (χ0) is 52.2. The van der Waals surface area contributed by atoms with E-state index in [4.69, 9.17) is 9.47 Å². The van der Waals surface area contributed by atoms with E-state index in [1.807, 2.05) is 6.08 Å². The van der Waals surface area contributed by atoms with Gasteiger partial charge in [0, 0.05) is 6.42 Å². The molecule has 7 unspecified atom stereocenters. The summed E-state index contributed by atoms with van der Waals surface area (Å²) in [5, 5.41) is 54.6. The molecule has 6 N–H and O–H groups in total. The maximum atomic E-state index is 13.1. The van der Waals surface area contributed by atoms with Crippen LogP contribution in [0.5, 0.6) is 0 Å². The molecule has 0 aliphatic carbocycles. The van der Waals surface area contributed by atoms with Gasteiger partial charge in [0.1, 0.15) is 24.4 Å². The molecule has 72 heavy (non-hydrogen) atoms. The van der Waals surface area contributed by atoms with Crippen molar-refractivity contribution in [1.82, 2.24) is 5.32 Å². The predicted octanol–water partition coefficient (Wildman–Crippen LogP) is 15.9. The fourth-order valence-corrected chi connectivity index (χ4v) is 10.0. The van der Waals surface area contributed by atoms with Crippen LogP contribution in [-0.4, -0.2) is 87.5 Å². The summed E-state index contributed by atoms with van der Waals surface area (Å²) in [6.45, 7) is 3.80. The fourth-order valence-electron chi connectivity index (χ4n) is 10.0. The van der Waals surface area contributed by atoms with Crippen molar-refractivity contribution in [3.05, 3.63) is 36.5 Å². The molecule has 0 radical (unpaired) electrons. The quantitative estimate of drug-likeness (QED) is 0.0261. The third kappa shape index (κ3) is 41.6. The molecular formula is C63H119NO8. The minimum atomic E-state index is -1.57. The Balaban J connectivity index is 2.20. The molecule has 0 spiro atoms. The van der Waals surface area contributed by atoms with Crippen LogP contribution in [0.15, 0.2) is 36.5 Å². The first-order valence-corrected chi connectivity index (χ1v) is 31.2. The Bertz CT molecular complexity index is 1230. The number of nitrogens with one attached hydrogen (secondary N) is 1. The van der Waals surface area contributed by atoms with E-state index < -0.39 is 49.5 Å². The van der Waals surface area contributed by atoms with Crippen LogP contribution in [0, 0.1) is 0 Å². The van der Waals surface area contributed by atoms with E-state index in [2.05, 4.69) is 43.5 Å². The Morgan fingerprint density at radius 1 is 0.458 bits per heavy atom. The van der Waals surface area contributed by atoms with Crippen molar-refractivity contribution in [3.63, 3.8) is 0 Å². The summed E-state index contributed by atoms with van der Waals surface area (Å²) in [5.41, 5.74) is 0. The van der Waals surface area contributed by atoms with E-state index in [1.54, 1.807) is 6.08 Å². The molecule has 0 saturated carbocycles. The molecule has 1 aliphatic rings. The van der Waals surface area contributed by atoms with E-state index in [9.17, 15) is 30.3 Å². The Labute approximate surface area is 444 Å². The number of ether oxygens (including phenoxy) is 2. The summed E-state index contributed by atoms with van der Waals surface area (Å²) < 4.78 is 11.3. The Morgan fingerprint density at radius 3 is 1.17 bits per heavy atom. The topological polar surface area (TPSA) is 149 Å². The van der Waals surface area contributed by atoms with Gasteiger partial charge in [0.2, 0.25) is 5.91 Å². The number of aliphatic hydroxyl groups is 5. The molecule has 7 atom stereocenters. The van der Waals surface area contributed by atoms with Gasteiger partial charge in [0.15, 0.2) is 6.29 Å². The minimum absolute atomic E-state index is 0.185. The average molecular weight is 1020 g/mol. The van der Waals surface area contributed by atoms with Crippen LogP contribution < -0.4 is 5.32 Å². The highest BCUT2D eigenvalue weighted by Crippen LogP contribution is 2.23. The molecule has 1 fully saturated rings. The number of carbonyl (C=O) groups excluding carboxylic acids is 1. The molecule has 1 saturated heterocycles. The molecule has 0 aromatic rings. The van der Waals surface area contributed by atoms with Crippen LogP contribution in [0.2, 0.25) is 0 Å². The molecule has 0 bridgehead atoms. The monoisotopic (exact) mass is 1020 g/mol. The number of hydrogen-bond donors (Lipinski definition) is 6. The van der Waals surface area contributed by atoms with Gasteiger partial charge in [-0.3, -0.25) is 4.79 Å². The van der Waals surface area contributed by atoms with Crippen molar-refractivity contribution >= 4 is 5.91 Å². The molecule has 0 aromatic carbocycles. The summed E-state index contributed by atoms with van der Waals surface area (Å²) >= 11 is 0. The van der Waals surface area contributed by atoms with Gasteiger partial charge < -0.3 is 40.3 Å². The normalized spacial score (nSPS) is 19.3. The van der Waals surface area contributed by atoms with Gasteiger partial charge in [-0.1, -0.05) is 288 Å². The lowest BCUT2D eigenvalue weighted by atomic mass is 9.99. The first kappa shape index (κ1) is 68.4. The zero-order valence-electron chi connectivity index (χ0n) is 47.2. The number of rotatable bonds is 54. The smallest absolute Gasteiger partial charge is 0.220 e. The van der Waals surface area contributed by atoms with Crippen molar-refractivity contribution in [2.75, 3.05) is 13.2 Å². The van der Waals surface area contributed by atoms with Crippen molar-refractivity contribution in [3.8, 4) is 0 Å². The number of allylic oxidation sites excluding steroid dienone is 5. The second-order valence-electron chi connectivity index (χ2n) is 21.8. The van der Waals surface area contributed by atoms with Crippen LogP contribution in [0.4, 0.5) is 0 Å². The summed E-state index contributed by atoms with van der Waals surface area (Å²) in [5.74, 6) is -0.185. The Hall–Kier alpha value is -1.59. The van der Waals surface area contributed by atoms with Crippen molar-refractivity contribution in [2.45, 2.75) is 346 Å². The van der Waals surface area contributed by atoms with E-state index in [0.717, 1.165) is 44.9 Å². The van der Waals surface area contributed by atoms with Gasteiger partial charge in [-0.15, -0.1) is 0 Å². The zero-order valence-corrected chi connectivity index (χ0v) is 47.2. The van der Waals surface area contributed by atoms with Gasteiger partial charge in [-0.25, -0.2) is 0 Å². The molecule has 1 rings (SSSR count). The minimum Gasteiger partial charge on any atom is -0.394 e. The summed E-state index contributed by atoms with van der Waals surface area (Å²) in [4.78, 5) is 13.1. The van der Waals surface area contributed by atoms with Gasteiger partial charge in [0.25, 0.3) is 0 Å². The molecule has 424 valence electrons. The predicted molar refractivity (Wildman–Crippen MR) is 304 cm³/mol. The van der Waals surface area contributed by atoms with Crippen LogP contribution in [-0.2, 0) is 14.3 Å². The summed E-state index contributed by atoms with van der Waals surface area (Å²) in [6, 6.07) is -0.827. The van der Waals surface area contributed by atoms with Gasteiger partial charge in [0.05, 0.1) is 25.4 Å². The fraction of sp³-hybridized carbons (Fsp3) is 0.889. The summed E-state index contributed by atoms with van der Waals surface area (Å²) in [6.07, 6.45) is 62.3. The number of carbonyl (C=O) groups is 1. The van der Waals surface area contributed by atoms with Crippen molar-refractivity contribution < 1.29 is 39.8 Å². The van der Waals surface area contributed by atoms with Crippen LogP contribution >= 0.6 is 0 Å². The number of amides is 1. The molecule has 1 heterocycles. The largest absolute Gasteiger partial charge is 0.394 e. The van der Waals surface area contributed by atoms with Crippen LogP contribution in [0.25, 0.3) is 0 Å². The van der Waals surface area contributed by atoms with Gasteiger partial charge >= 0.3 is 0 Å². The number of aliphatic hydroxyl groups excluding tert-OH is 5. The molecule has 9 heteroatoms. The lowest BCUT2D eigenvalue weighted by Gasteiger charge is -2.40. The standard InChI is InChI=1S/C63H119NO8/c1-3-5-7-9-11-13-15-17-19-21-23-25-27-28-29-30-31-33-35-37-39-41-43-45-47-49-51-53-59(67)64-56(55-71-63-62(70)61(69)60(68)58(54-65)72-63)57(66)52-50-48-46-44-42-40-38-36-34-32-26-24-22-20-18-16-14-12-10-8-6-4-2/h34,36,42,44,50,52,56-58,60-63,65-66,68-70H,3-33,35,37-41,43,45-49,51,53-55H2,1-2H3,(H,64,67)/b36-34+,44-42+,52-50+. The molecule has 1 aliphatic heterocycles. The highest BCUT2D eigenvalue weighted by molar-refractivity contribution is 5.76. The molecule has 1 amide bonds. The van der Waals surface area contributed by atoms with E-state index in [-0.39, 0.29) is 12.5 Å². The molecule has 0 aromatic heterocycles. The SMILES string of the molecule is CCCCCCCCCCCCCC/C=C/CC/C=C/CC/C=C/C(O)C(COC1OC(CO)C(O)C(O)C1O)NC(=O)CCCCCCCCCCCCCCCCCCCCCCCCCCCCC. The number of hydrogen-bond acceptors (Lipinski definition) is 8. The lowest BCUT2D eigenvalue weighted by Crippen LogP contribution is -2.60. The molecule has 9 nitrogen and oxygen atoms in total. The first-order valence-electron chi connectivity index (χ1n) is 31.2. The number of unbranched alkanes of at least 4 members (excludes halogenated alkanes) is 40. The highest BCUT2D eigenvalue weighted by Gasteiger charge is 2.44.